The van der Waals surface area contributed by atoms with Gasteiger partial charge in [0.1, 0.15) is 17.7 Å². The number of halogens is 1. The molecule has 32 heavy (non-hydrogen) atoms. The quantitative estimate of drug-likeness (QED) is 0.675. The number of aryl methyl sites for hydroxylation is 2. The number of hydrogen-bond donors (Lipinski definition) is 2. The van der Waals surface area contributed by atoms with Crippen LogP contribution < -0.4 is 5.32 Å². The van der Waals surface area contributed by atoms with E-state index in [-0.39, 0.29) is 30.7 Å². The van der Waals surface area contributed by atoms with E-state index in [0.717, 1.165) is 11.1 Å². The molecule has 8 heteroatoms. The van der Waals surface area contributed by atoms with E-state index in [1.807, 2.05) is 46.8 Å². The van der Waals surface area contributed by atoms with Crippen LogP contribution in [0.1, 0.15) is 62.6 Å². The standard InChI is InChI=1S/C22H28ClN3O4.C2H6/c1-12(2)20(19-8-14(4)25-30-19)22(29)26-11-17(27)9-18(26)21(28)24-10-15-5-6-16(23)7-13(15)3;1-2/h5-8,12,17-18,20,27H,9-11H2,1-4H3,(H,24,28);1-2H3. The summed E-state index contributed by atoms with van der Waals surface area (Å²) in [7, 11) is 0. The normalized spacial score (nSPS) is 18.8. The van der Waals surface area contributed by atoms with Crippen LogP contribution in [0.25, 0.3) is 0 Å². The summed E-state index contributed by atoms with van der Waals surface area (Å²) in [5, 5.41) is 17.6. The molecular formula is C24H34ClN3O4. The van der Waals surface area contributed by atoms with Gasteiger partial charge in [-0.15, -0.1) is 0 Å². The van der Waals surface area contributed by atoms with Crippen molar-refractivity contribution < 1.29 is 19.2 Å². The van der Waals surface area contributed by atoms with E-state index in [2.05, 4.69) is 10.5 Å². The molecule has 3 rings (SSSR count). The number of hydrogen-bond acceptors (Lipinski definition) is 5. The van der Waals surface area contributed by atoms with Gasteiger partial charge in [-0.05, 0) is 43.0 Å². The van der Waals surface area contributed by atoms with Crippen LogP contribution in [0.5, 0.6) is 0 Å². The van der Waals surface area contributed by atoms with Crippen molar-refractivity contribution >= 4 is 23.4 Å². The molecule has 2 amide bonds. The second kappa shape index (κ2) is 11.5. The fraction of sp³-hybridized carbons (Fsp3) is 0.542. The van der Waals surface area contributed by atoms with Crippen LogP contribution in [0.15, 0.2) is 28.8 Å². The highest BCUT2D eigenvalue weighted by Gasteiger charge is 2.43. The number of likely N-dealkylation sites (tertiary alicyclic amines) is 1. The predicted molar refractivity (Wildman–Crippen MR) is 124 cm³/mol. The molecule has 0 radical (unpaired) electrons. The number of nitrogens with zero attached hydrogens (tertiary/aromatic N) is 2. The van der Waals surface area contributed by atoms with Crippen molar-refractivity contribution in [2.24, 2.45) is 5.92 Å². The lowest BCUT2D eigenvalue weighted by Gasteiger charge is -2.28. The summed E-state index contributed by atoms with van der Waals surface area (Å²) in [5.41, 5.74) is 2.61. The van der Waals surface area contributed by atoms with Crippen LogP contribution in [-0.4, -0.2) is 45.7 Å². The van der Waals surface area contributed by atoms with Crippen LogP contribution in [0.3, 0.4) is 0 Å². The van der Waals surface area contributed by atoms with Gasteiger partial charge in [0.15, 0.2) is 0 Å². The van der Waals surface area contributed by atoms with E-state index >= 15 is 0 Å². The van der Waals surface area contributed by atoms with E-state index in [0.29, 0.717) is 23.0 Å². The number of carbonyl (C=O) groups is 2. The third-order valence-corrected chi connectivity index (χ3v) is 5.74. The van der Waals surface area contributed by atoms with Crippen molar-refractivity contribution in [2.75, 3.05) is 6.54 Å². The number of aliphatic hydroxyl groups is 1. The van der Waals surface area contributed by atoms with Crippen molar-refractivity contribution in [1.29, 1.82) is 0 Å². The van der Waals surface area contributed by atoms with Crippen LogP contribution in [-0.2, 0) is 16.1 Å². The van der Waals surface area contributed by atoms with E-state index in [4.69, 9.17) is 16.1 Å². The summed E-state index contributed by atoms with van der Waals surface area (Å²) in [6.45, 7) is 12.0. The summed E-state index contributed by atoms with van der Waals surface area (Å²) >= 11 is 5.99. The van der Waals surface area contributed by atoms with Crippen LogP contribution >= 0.6 is 11.6 Å². The van der Waals surface area contributed by atoms with Crippen molar-refractivity contribution in [3.05, 3.63) is 51.9 Å². The summed E-state index contributed by atoms with van der Waals surface area (Å²) in [6, 6.07) is 6.49. The molecule has 1 saturated heterocycles. The van der Waals surface area contributed by atoms with Gasteiger partial charge in [0, 0.05) is 30.6 Å². The summed E-state index contributed by atoms with van der Waals surface area (Å²) in [5.74, 6) is -0.663. The van der Waals surface area contributed by atoms with Gasteiger partial charge in [-0.1, -0.05) is 50.5 Å². The Morgan fingerprint density at radius 1 is 1.28 bits per heavy atom. The summed E-state index contributed by atoms with van der Waals surface area (Å²) in [4.78, 5) is 27.7. The maximum absolute atomic E-state index is 13.4. The number of β-amino-alcohol motifs (C(OH)–C–C–N with tert-alkyl or cyclic N) is 1. The molecule has 2 N–H and O–H groups in total. The van der Waals surface area contributed by atoms with Gasteiger partial charge in [0.05, 0.1) is 11.8 Å². The molecule has 2 aromatic rings. The first-order valence-corrected chi connectivity index (χ1v) is 11.5. The highest BCUT2D eigenvalue weighted by molar-refractivity contribution is 6.30. The molecule has 1 aliphatic heterocycles. The van der Waals surface area contributed by atoms with Gasteiger partial charge in [-0.2, -0.15) is 0 Å². The highest BCUT2D eigenvalue weighted by atomic mass is 35.5. The molecule has 1 aromatic heterocycles. The van der Waals surface area contributed by atoms with Crippen molar-refractivity contribution in [3.63, 3.8) is 0 Å². The molecule has 1 aliphatic rings. The smallest absolute Gasteiger partial charge is 0.243 e. The summed E-state index contributed by atoms with van der Waals surface area (Å²) in [6.07, 6.45) is -0.538. The van der Waals surface area contributed by atoms with Crippen LogP contribution in [0, 0.1) is 19.8 Å². The molecule has 0 aliphatic carbocycles. The first-order valence-electron chi connectivity index (χ1n) is 11.1. The summed E-state index contributed by atoms with van der Waals surface area (Å²) < 4.78 is 5.35. The SMILES string of the molecule is CC.Cc1cc(C(C(=O)N2CC(O)CC2C(=O)NCc2ccc(Cl)cc2C)C(C)C)on1. The first kappa shape index (κ1) is 25.9. The molecule has 0 bridgehead atoms. The minimum Gasteiger partial charge on any atom is -0.391 e. The van der Waals surface area contributed by atoms with Gasteiger partial charge in [0.2, 0.25) is 11.8 Å². The molecule has 0 spiro atoms. The van der Waals surface area contributed by atoms with E-state index in [9.17, 15) is 14.7 Å². The zero-order valence-electron chi connectivity index (χ0n) is 19.7. The Morgan fingerprint density at radius 3 is 2.53 bits per heavy atom. The van der Waals surface area contributed by atoms with Gasteiger partial charge in [0.25, 0.3) is 0 Å². The maximum Gasteiger partial charge on any atom is 0.243 e. The number of rotatable bonds is 6. The zero-order valence-corrected chi connectivity index (χ0v) is 20.4. The Kier molecular flexibility index (Phi) is 9.28. The van der Waals surface area contributed by atoms with Crippen molar-refractivity contribution in [3.8, 4) is 0 Å². The average molecular weight is 464 g/mol. The Morgan fingerprint density at radius 2 is 1.97 bits per heavy atom. The topological polar surface area (TPSA) is 95.7 Å². The molecule has 3 unspecified atom stereocenters. The predicted octanol–water partition coefficient (Wildman–Crippen LogP) is 3.99. The third kappa shape index (κ3) is 6.11. The Labute approximate surface area is 195 Å². The minimum absolute atomic E-state index is 0.0528. The van der Waals surface area contributed by atoms with E-state index < -0.39 is 18.1 Å². The lowest BCUT2D eigenvalue weighted by atomic mass is 9.91. The Bertz CT molecular complexity index is 928. The molecular weight excluding hydrogens is 430 g/mol. The fourth-order valence-electron chi connectivity index (χ4n) is 3.91. The van der Waals surface area contributed by atoms with E-state index in [1.165, 1.54) is 4.90 Å². The molecule has 0 saturated carbocycles. The van der Waals surface area contributed by atoms with Crippen molar-refractivity contribution in [2.45, 2.75) is 72.6 Å². The molecule has 1 fully saturated rings. The first-order chi connectivity index (χ1) is 15.2. The Balaban J connectivity index is 0.00000176. The maximum atomic E-state index is 13.4. The molecule has 1 aromatic carbocycles. The van der Waals surface area contributed by atoms with Crippen molar-refractivity contribution in [1.82, 2.24) is 15.4 Å². The molecule has 176 valence electrons. The van der Waals surface area contributed by atoms with Gasteiger partial charge < -0.3 is 19.8 Å². The second-order valence-corrected chi connectivity index (χ2v) is 8.71. The lowest BCUT2D eigenvalue weighted by molar-refractivity contribution is -0.141. The van der Waals surface area contributed by atoms with Gasteiger partial charge in [-0.25, -0.2) is 0 Å². The zero-order chi connectivity index (χ0) is 24.0. The van der Waals surface area contributed by atoms with Crippen LogP contribution in [0.2, 0.25) is 5.02 Å². The Hall–Kier alpha value is -2.38. The number of aliphatic hydroxyl groups excluding tert-OH is 1. The van der Waals surface area contributed by atoms with Gasteiger partial charge in [-0.3, -0.25) is 9.59 Å². The largest absolute Gasteiger partial charge is 0.391 e. The molecule has 3 atom stereocenters. The number of amides is 2. The van der Waals surface area contributed by atoms with Crippen LogP contribution in [0.4, 0.5) is 0 Å². The molecule has 7 nitrogen and oxygen atoms in total. The van der Waals surface area contributed by atoms with Gasteiger partial charge >= 0.3 is 0 Å². The highest BCUT2D eigenvalue weighted by Crippen LogP contribution is 2.31. The second-order valence-electron chi connectivity index (χ2n) is 8.28. The number of benzene rings is 1. The monoisotopic (exact) mass is 463 g/mol. The number of nitrogens with one attached hydrogen (secondary N) is 1. The van der Waals surface area contributed by atoms with E-state index in [1.54, 1.807) is 19.1 Å². The molecule has 2 heterocycles. The lowest BCUT2D eigenvalue weighted by Crippen LogP contribution is -2.48. The third-order valence-electron chi connectivity index (χ3n) is 5.51. The average Bonchev–Trinajstić information content (AvgIpc) is 3.34. The number of carbonyl (C=O) groups excluding carboxylic acids is 2. The fourth-order valence-corrected chi connectivity index (χ4v) is 4.13. The minimum atomic E-state index is -0.744. The number of aromatic nitrogens is 1.